The number of aliphatic hydroxyl groups is 2. The minimum atomic E-state index is -1.68. The van der Waals surface area contributed by atoms with Gasteiger partial charge in [0, 0.05) is 13.0 Å². The van der Waals surface area contributed by atoms with Crippen LogP contribution in [0.4, 0.5) is 0 Å². The molecule has 0 radical (unpaired) electrons. The molecule has 0 aromatic rings. The highest BCUT2D eigenvalue weighted by Gasteiger charge is 2.01. The maximum atomic E-state index is 10.8. The van der Waals surface area contributed by atoms with Gasteiger partial charge in [0.1, 0.15) is 0 Å². The number of carbonyl (C=O) groups excluding carboxylic acids is 1. The number of hydrogen-bond acceptors (Lipinski definition) is 5. The quantitative estimate of drug-likeness (QED) is 0.298. The van der Waals surface area contributed by atoms with E-state index in [2.05, 4.69) is 4.74 Å². The average Bonchev–Trinajstić information content (AvgIpc) is 2.04. The Morgan fingerprint density at radius 1 is 1.46 bits per heavy atom. The van der Waals surface area contributed by atoms with Gasteiger partial charge < -0.3 is 20.1 Å². The Morgan fingerprint density at radius 3 is 2.69 bits per heavy atom. The zero-order valence-corrected chi connectivity index (χ0v) is 7.44. The second-order valence-corrected chi connectivity index (χ2v) is 2.64. The van der Waals surface area contributed by atoms with E-state index in [1.807, 2.05) is 0 Å². The van der Waals surface area contributed by atoms with Crippen LogP contribution in [0.5, 0.6) is 0 Å². The first-order valence-electron chi connectivity index (χ1n) is 4.27. The Balaban J connectivity index is 3.20. The van der Waals surface area contributed by atoms with Crippen LogP contribution < -0.4 is 5.11 Å². The summed E-state index contributed by atoms with van der Waals surface area (Å²) in [4.78, 5) is 10.8. The van der Waals surface area contributed by atoms with Gasteiger partial charge in [-0.3, -0.25) is 4.79 Å². The van der Waals surface area contributed by atoms with Crippen LogP contribution in [-0.4, -0.2) is 35.7 Å². The van der Waals surface area contributed by atoms with Gasteiger partial charge in [-0.15, -0.1) is 0 Å². The van der Waals surface area contributed by atoms with Gasteiger partial charge in [-0.2, -0.15) is 0 Å². The number of unbranched alkanes of at least 4 members (excludes halogenated alkanes) is 1. The first-order valence-corrected chi connectivity index (χ1v) is 4.27. The molecule has 0 aliphatic heterocycles. The lowest BCUT2D eigenvalue weighted by Crippen LogP contribution is -2.26. The molecule has 5 nitrogen and oxygen atoms in total. The molecule has 78 valence electrons. The molecule has 0 amide bonds. The Hall–Kier alpha value is -0.650. The summed E-state index contributed by atoms with van der Waals surface area (Å²) in [6.07, 6.45) is -0.360. The van der Waals surface area contributed by atoms with Gasteiger partial charge in [-0.1, -0.05) is 0 Å². The maximum absolute atomic E-state index is 10.8. The fourth-order valence-electron chi connectivity index (χ4n) is 0.727. The maximum Gasteiger partial charge on any atom is 0.305 e. The molecule has 0 aliphatic rings. The van der Waals surface area contributed by atoms with Crippen LogP contribution in [0, 0.1) is 0 Å². The fraction of sp³-hybridized carbons (Fsp3) is 0.875. The highest BCUT2D eigenvalue weighted by atomic mass is 16.5. The Morgan fingerprint density at radius 2 is 2.15 bits per heavy atom. The lowest BCUT2D eigenvalue weighted by molar-refractivity contribution is -0.484. The van der Waals surface area contributed by atoms with Gasteiger partial charge in [0.05, 0.1) is 6.61 Å². The molecule has 5 heteroatoms. The van der Waals surface area contributed by atoms with E-state index in [-0.39, 0.29) is 26.1 Å². The van der Waals surface area contributed by atoms with Crippen molar-refractivity contribution in [3.8, 4) is 0 Å². The standard InChI is InChI=1S/C8H15O5/c9-5-2-1-3-8(12)13-6-4-7(10)11/h7,9-10H,1-6H2/q-1. The second-order valence-electron chi connectivity index (χ2n) is 2.64. The summed E-state index contributed by atoms with van der Waals surface area (Å²) in [6.45, 7) is 0.0230. The third-order valence-corrected chi connectivity index (χ3v) is 1.42. The van der Waals surface area contributed by atoms with Crippen LogP contribution in [0.1, 0.15) is 25.7 Å². The van der Waals surface area contributed by atoms with E-state index in [0.717, 1.165) is 0 Å². The van der Waals surface area contributed by atoms with Crippen LogP contribution in [0.3, 0.4) is 0 Å². The zero-order valence-electron chi connectivity index (χ0n) is 7.44. The summed E-state index contributed by atoms with van der Waals surface area (Å²) in [5, 5.41) is 26.8. The minimum Gasteiger partial charge on any atom is -0.831 e. The van der Waals surface area contributed by atoms with Gasteiger partial charge in [0.15, 0.2) is 0 Å². The van der Waals surface area contributed by atoms with Crippen LogP contribution >= 0.6 is 0 Å². The van der Waals surface area contributed by atoms with E-state index < -0.39 is 12.3 Å². The van der Waals surface area contributed by atoms with Crippen molar-refractivity contribution in [3.05, 3.63) is 0 Å². The molecule has 13 heavy (non-hydrogen) atoms. The zero-order chi connectivity index (χ0) is 10.1. The number of aliphatic hydroxyl groups excluding tert-OH is 2. The van der Waals surface area contributed by atoms with Crippen molar-refractivity contribution in [2.45, 2.75) is 32.0 Å². The van der Waals surface area contributed by atoms with Crippen molar-refractivity contribution < 1.29 is 24.9 Å². The summed E-state index contributed by atoms with van der Waals surface area (Å²) in [5.74, 6) is -0.394. The average molecular weight is 191 g/mol. The Labute approximate surface area is 77.0 Å². The SMILES string of the molecule is O=C(CCCCO)OCCC([O-])O. The van der Waals surface area contributed by atoms with Gasteiger partial charge in [-0.25, -0.2) is 0 Å². The minimum absolute atomic E-state index is 0.0391. The molecule has 0 bridgehead atoms. The molecule has 0 aliphatic carbocycles. The molecule has 0 saturated heterocycles. The molecule has 2 N–H and O–H groups in total. The first kappa shape index (κ1) is 12.3. The number of hydrogen-bond donors (Lipinski definition) is 2. The topological polar surface area (TPSA) is 89.8 Å². The number of rotatable bonds is 7. The van der Waals surface area contributed by atoms with Crippen molar-refractivity contribution in [1.82, 2.24) is 0 Å². The highest BCUT2D eigenvalue weighted by Crippen LogP contribution is 1.97. The summed E-state index contributed by atoms with van der Waals surface area (Å²) in [6, 6.07) is 0. The van der Waals surface area contributed by atoms with E-state index in [9.17, 15) is 9.90 Å². The lowest BCUT2D eigenvalue weighted by atomic mass is 10.2. The fourth-order valence-corrected chi connectivity index (χ4v) is 0.727. The summed E-state index contributed by atoms with van der Waals surface area (Å²) in [5.41, 5.74) is 0. The molecule has 0 fully saturated rings. The normalized spacial score (nSPS) is 12.5. The Bertz CT molecular complexity index is 134. The van der Waals surface area contributed by atoms with Gasteiger partial charge in [0.2, 0.25) is 0 Å². The molecule has 0 aromatic heterocycles. The smallest absolute Gasteiger partial charge is 0.305 e. The molecular weight excluding hydrogens is 176 g/mol. The van der Waals surface area contributed by atoms with Crippen molar-refractivity contribution >= 4 is 5.97 Å². The number of ether oxygens (including phenoxy) is 1. The summed E-state index contributed by atoms with van der Waals surface area (Å²) >= 11 is 0. The molecule has 0 saturated carbocycles. The lowest BCUT2D eigenvalue weighted by Gasteiger charge is -2.13. The summed E-state index contributed by atoms with van der Waals surface area (Å²) < 4.78 is 4.62. The van der Waals surface area contributed by atoms with Crippen LogP contribution in [0.15, 0.2) is 0 Å². The van der Waals surface area contributed by atoms with Crippen molar-refractivity contribution in [3.63, 3.8) is 0 Å². The monoisotopic (exact) mass is 191 g/mol. The van der Waals surface area contributed by atoms with Gasteiger partial charge in [0.25, 0.3) is 0 Å². The predicted octanol–water partition coefficient (Wildman–Crippen LogP) is -1.24. The van der Waals surface area contributed by atoms with Gasteiger partial charge in [-0.05, 0) is 25.6 Å². The van der Waals surface area contributed by atoms with Crippen molar-refractivity contribution in [2.75, 3.05) is 13.2 Å². The van der Waals surface area contributed by atoms with Crippen LogP contribution in [0.25, 0.3) is 0 Å². The van der Waals surface area contributed by atoms with E-state index in [1.54, 1.807) is 0 Å². The molecule has 0 aromatic carbocycles. The molecule has 0 spiro atoms. The van der Waals surface area contributed by atoms with Crippen LogP contribution in [-0.2, 0) is 9.53 Å². The second kappa shape index (κ2) is 7.97. The third kappa shape index (κ3) is 9.26. The van der Waals surface area contributed by atoms with E-state index >= 15 is 0 Å². The molecule has 1 unspecified atom stereocenters. The molecule has 0 rings (SSSR count). The Kier molecular flexibility index (Phi) is 7.57. The molecular formula is C8H15O5-. The number of esters is 1. The predicted molar refractivity (Wildman–Crippen MR) is 42.5 cm³/mol. The van der Waals surface area contributed by atoms with E-state index in [1.165, 1.54) is 0 Å². The molecule has 0 heterocycles. The highest BCUT2D eigenvalue weighted by molar-refractivity contribution is 5.69. The van der Waals surface area contributed by atoms with E-state index in [0.29, 0.717) is 12.8 Å². The first-order chi connectivity index (χ1) is 6.16. The van der Waals surface area contributed by atoms with Crippen molar-refractivity contribution in [1.29, 1.82) is 0 Å². The van der Waals surface area contributed by atoms with Crippen molar-refractivity contribution in [2.24, 2.45) is 0 Å². The van der Waals surface area contributed by atoms with Crippen LogP contribution in [0.2, 0.25) is 0 Å². The largest absolute Gasteiger partial charge is 0.831 e. The van der Waals surface area contributed by atoms with E-state index in [4.69, 9.17) is 10.2 Å². The van der Waals surface area contributed by atoms with Gasteiger partial charge >= 0.3 is 5.97 Å². The summed E-state index contributed by atoms with van der Waals surface area (Å²) in [7, 11) is 0. The molecule has 1 atom stereocenters. The number of carbonyl (C=O) groups is 1. The third-order valence-electron chi connectivity index (χ3n) is 1.42.